The van der Waals surface area contributed by atoms with Crippen molar-refractivity contribution in [1.82, 2.24) is 9.38 Å². The molecule has 4 rings (SSSR count). The highest BCUT2D eigenvalue weighted by Crippen LogP contribution is 2.37. The van der Waals surface area contributed by atoms with Crippen LogP contribution >= 0.6 is 11.8 Å². The number of imidazole rings is 1. The van der Waals surface area contributed by atoms with Crippen LogP contribution in [0.25, 0.3) is 16.9 Å². The van der Waals surface area contributed by atoms with E-state index in [2.05, 4.69) is 66.1 Å². The van der Waals surface area contributed by atoms with E-state index in [9.17, 15) is 0 Å². The molecule has 0 aliphatic rings. The molecule has 0 N–H and O–H groups in total. The number of aryl methyl sites for hydroxylation is 1. The number of pyridine rings is 1. The van der Waals surface area contributed by atoms with Crippen LogP contribution < -0.4 is 0 Å². The molecule has 0 aliphatic carbocycles. The zero-order valence-corrected chi connectivity index (χ0v) is 13.6. The Morgan fingerprint density at radius 1 is 0.826 bits per heavy atom. The van der Waals surface area contributed by atoms with Crippen molar-refractivity contribution < 1.29 is 0 Å². The molecule has 0 unspecified atom stereocenters. The van der Waals surface area contributed by atoms with E-state index in [-0.39, 0.29) is 0 Å². The topological polar surface area (TPSA) is 17.3 Å². The van der Waals surface area contributed by atoms with E-state index in [4.69, 9.17) is 4.98 Å². The fourth-order valence-corrected chi connectivity index (χ4v) is 3.73. The average molecular weight is 316 g/mol. The lowest BCUT2D eigenvalue weighted by molar-refractivity contribution is 1.05. The Bertz CT molecular complexity index is 958. The number of benzene rings is 2. The van der Waals surface area contributed by atoms with Crippen molar-refractivity contribution in [1.29, 1.82) is 0 Å². The molecule has 4 aromatic rings. The van der Waals surface area contributed by atoms with Crippen molar-refractivity contribution in [2.75, 3.05) is 0 Å². The van der Waals surface area contributed by atoms with E-state index < -0.39 is 0 Å². The summed E-state index contributed by atoms with van der Waals surface area (Å²) < 4.78 is 2.17. The van der Waals surface area contributed by atoms with Crippen molar-refractivity contribution in [3.05, 3.63) is 84.6 Å². The van der Waals surface area contributed by atoms with Crippen molar-refractivity contribution in [2.45, 2.75) is 16.8 Å². The maximum absolute atomic E-state index is 4.85. The van der Waals surface area contributed by atoms with Gasteiger partial charge in [-0.25, -0.2) is 4.98 Å². The number of fused-ring (bicyclic) bond motifs is 1. The summed E-state index contributed by atoms with van der Waals surface area (Å²) in [5.74, 6) is 0. The van der Waals surface area contributed by atoms with Gasteiger partial charge in [-0.3, -0.25) is 4.40 Å². The first-order valence-electron chi connectivity index (χ1n) is 7.59. The van der Waals surface area contributed by atoms with Gasteiger partial charge in [-0.15, -0.1) is 0 Å². The molecule has 23 heavy (non-hydrogen) atoms. The quantitative estimate of drug-likeness (QED) is 0.499. The molecule has 0 bridgehead atoms. The highest BCUT2D eigenvalue weighted by Gasteiger charge is 2.15. The summed E-state index contributed by atoms with van der Waals surface area (Å²) in [6.07, 6.45) is 2.08. The fourth-order valence-electron chi connectivity index (χ4n) is 2.63. The maximum Gasteiger partial charge on any atom is 0.138 e. The molecule has 0 saturated carbocycles. The van der Waals surface area contributed by atoms with E-state index in [0.29, 0.717) is 0 Å². The Hall–Kier alpha value is -2.52. The third-order valence-corrected chi connectivity index (χ3v) is 5.09. The summed E-state index contributed by atoms with van der Waals surface area (Å²) in [4.78, 5) is 6.11. The molecule has 3 heteroatoms. The molecular weight excluding hydrogens is 300 g/mol. The molecule has 2 aromatic carbocycles. The molecule has 0 radical (unpaired) electrons. The van der Waals surface area contributed by atoms with Crippen LogP contribution in [-0.2, 0) is 0 Å². The van der Waals surface area contributed by atoms with Gasteiger partial charge in [0.1, 0.15) is 16.4 Å². The van der Waals surface area contributed by atoms with Crippen LogP contribution in [0.3, 0.4) is 0 Å². The summed E-state index contributed by atoms with van der Waals surface area (Å²) in [7, 11) is 0. The van der Waals surface area contributed by atoms with E-state index in [1.165, 1.54) is 10.5 Å². The highest BCUT2D eigenvalue weighted by atomic mass is 32.2. The summed E-state index contributed by atoms with van der Waals surface area (Å²) in [5, 5.41) is 1.15. The van der Waals surface area contributed by atoms with Crippen LogP contribution in [0.4, 0.5) is 0 Å². The van der Waals surface area contributed by atoms with Crippen LogP contribution in [0, 0.1) is 6.92 Å². The summed E-state index contributed by atoms with van der Waals surface area (Å²) in [5.41, 5.74) is 4.43. The summed E-state index contributed by atoms with van der Waals surface area (Å²) >= 11 is 1.77. The minimum absolute atomic E-state index is 0.974. The van der Waals surface area contributed by atoms with Crippen LogP contribution in [0.1, 0.15) is 5.56 Å². The van der Waals surface area contributed by atoms with E-state index in [1.54, 1.807) is 11.8 Å². The predicted molar refractivity (Wildman–Crippen MR) is 95.9 cm³/mol. The third kappa shape index (κ3) is 2.64. The second kappa shape index (κ2) is 5.94. The molecule has 2 nitrogen and oxygen atoms in total. The normalized spacial score (nSPS) is 11.0. The van der Waals surface area contributed by atoms with Crippen LogP contribution in [0.2, 0.25) is 0 Å². The Morgan fingerprint density at radius 2 is 1.57 bits per heavy atom. The van der Waals surface area contributed by atoms with E-state index in [0.717, 1.165) is 21.9 Å². The molecule has 0 spiro atoms. The molecule has 0 aliphatic heterocycles. The fraction of sp³-hybridized carbons (Fsp3) is 0.0500. The van der Waals surface area contributed by atoms with Crippen LogP contribution in [0.5, 0.6) is 0 Å². The van der Waals surface area contributed by atoms with Crippen molar-refractivity contribution >= 4 is 17.4 Å². The maximum atomic E-state index is 4.85. The lowest BCUT2D eigenvalue weighted by Gasteiger charge is -2.07. The van der Waals surface area contributed by atoms with Gasteiger partial charge in [-0.05, 0) is 30.7 Å². The number of rotatable bonds is 3. The minimum atomic E-state index is 0.974. The monoisotopic (exact) mass is 316 g/mol. The zero-order valence-electron chi connectivity index (χ0n) is 12.8. The Morgan fingerprint density at radius 3 is 2.39 bits per heavy atom. The zero-order chi connectivity index (χ0) is 15.6. The summed E-state index contributed by atoms with van der Waals surface area (Å²) in [6.45, 7) is 2.15. The van der Waals surface area contributed by atoms with Gasteiger partial charge >= 0.3 is 0 Å². The number of aromatic nitrogens is 2. The van der Waals surface area contributed by atoms with Gasteiger partial charge in [0.05, 0.1) is 0 Å². The molecule has 0 saturated heterocycles. The van der Waals surface area contributed by atoms with E-state index in [1.807, 2.05) is 24.3 Å². The average Bonchev–Trinajstić information content (AvgIpc) is 2.96. The smallest absolute Gasteiger partial charge is 0.138 e. The van der Waals surface area contributed by atoms with Crippen LogP contribution in [-0.4, -0.2) is 9.38 Å². The second-order valence-electron chi connectivity index (χ2n) is 5.43. The Balaban J connectivity index is 1.92. The third-order valence-electron chi connectivity index (χ3n) is 3.83. The van der Waals surface area contributed by atoms with Gasteiger partial charge in [0.25, 0.3) is 0 Å². The highest BCUT2D eigenvalue weighted by molar-refractivity contribution is 7.99. The second-order valence-corrected chi connectivity index (χ2v) is 6.46. The van der Waals surface area contributed by atoms with Gasteiger partial charge < -0.3 is 0 Å². The lowest BCUT2D eigenvalue weighted by atomic mass is 10.2. The molecule has 112 valence electrons. The van der Waals surface area contributed by atoms with Gasteiger partial charge in [-0.1, -0.05) is 66.4 Å². The van der Waals surface area contributed by atoms with Crippen molar-refractivity contribution in [3.8, 4) is 11.3 Å². The first-order chi connectivity index (χ1) is 11.3. The largest absolute Gasteiger partial charge is 0.294 e. The molecule has 0 amide bonds. The van der Waals surface area contributed by atoms with Gasteiger partial charge in [-0.2, -0.15) is 0 Å². The molecular formula is C20H16N2S. The predicted octanol–water partition coefficient (Wildman–Crippen LogP) is 5.46. The number of hydrogen-bond acceptors (Lipinski definition) is 2. The standard InChI is InChI=1S/C20H16N2S/c1-15-9-5-6-12-17(15)23-20-19(16-10-3-2-4-11-16)21-18-13-7-8-14-22(18)20/h2-14H,1H3. The first-order valence-corrected chi connectivity index (χ1v) is 8.40. The Kier molecular flexibility index (Phi) is 3.64. The molecule has 0 atom stereocenters. The molecule has 2 heterocycles. The Labute approximate surface area is 139 Å². The van der Waals surface area contributed by atoms with Gasteiger partial charge in [0, 0.05) is 16.7 Å². The first kappa shape index (κ1) is 14.1. The number of nitrogens with zero attached hydrogens (tertiary/aromatic N) is 2. The molecule has 0 fully saturated rings. The molecule has 2 aromatic heterocycles. The van der Waals surface area contributed by atoms with Gasteiger partial charge in [0.2, 0.25) is 0 Å². The van der Waals surface area contributed by atoms with Crippen molar-refractivity contribution in [2.24, 2.45) is 0 Å². The van der Waals surface area contributed by atoms with Crippen LogP contribution in [0.15, 0.2) is 88.9 Å². The minimum Gasteiger partial charge on any atom is -0.294 e. The van der Waals surface area contributed by atoms with Crippen molar-refractivity contribution in [3.63, 3.8) is 0 Å². The summed E-state index contributed by atoms with van der Waals surface area (Å²) in [6, 6.07) is 25.0. The number of hydrogen-bond donors (Lipinski definition) is 0. The van der Waals surface area contributed by atoms with Gasteiger partial charge in [0.15, 0.2) is 0 Å². The SMILES string of the molecule is Cc1ccccc1Sc1c(-c2ccccc2)nc2ccccn12. The van der Waals surface area contributed by atoms with E-state index >= 15 is 0 Å². The lowest BCUT2D eigenvalue weighted by Crippen LogP contribution is -1.88.